The van der Waals surface area contributed by atoms with E-state index in [2.05, 4.69) is 0 Å². The minimum atomic E-state index is -0.587. The van der Waals surface area contributed by atoms with Crippen LogP contribution in [0, 0.1) is 16.0 Å². The first kappa shape index (κ1) is 12.3. The summed E-state index contributed by atoms with van der Waals surface area (Å²) < 4.78 is 9.91. The zero-order valence-corrected chi connectivity index (χ0v) is 9.92. The highest BCUT2D eigenvalue weighted by Gasteiger charge is 2.24. The summed E-state index contributed by atoms with van der Waals surface area (Å²) in [5.74, 6) is 0.0496. The molecule has 1 aromatic carbocycles. The molecule has 0 radical (unpaired) electrons. The van der Waals surface area contributed by atoms with Crippen LogP contribution in [-0.4, -0.2) is 24.6 Å². The average molecular weight is 251 g/mol. The van der Waals surface area contributed by atoms with Gasteiger partial charge in [0.25, 0.3) is 0 Å². The maximum atomic E-state index is 11.7. The Hall–Kier alpha value is -2.11. The molecule has 96 valence electrons. The van der Waals surface area contributed by atoms with Crippen molar-refractivity contribution in [2.75, 3.05) is 13.7 Å². The van der Waals surface area contributed by atoms with Crippen molar-refractivity contribution in [3.63, 3.8) is 0 Å². The summed E-state index contributed by atoms with van der Waals surface area (Å²) in [5.41, 5.74) is -0.0680. The van der Waals surface area contributed by atoms with E-state index in [-0.39, 0.29) is 17.0 Å². The van der Waals surface area contributed by atoms with E-state index < -0.39 is 10.9 Å². The van der Waals surface area contributed by atoms with E-state index in [4.69, 9.17) is 9.47 Å². The lowest BCUT2D eigenvalue weighted by atomic mass is 10.2. The van der Waals surface area contributed by atoms with Crippen molar-refractivity contribution in [1.29, 1.82) is 0 Å². The second-order valence-corrected chi connectivity index (χ2v) is 4.19. The van der Waals surface area contributed by atoms with Gasteiger partial charge >= 0.3 is 11.7 Å². The Morgan fingerprint density at radius 2 is 2.22 bits per heavy atom. The molecule has 2 rings (SSSR count). The predicted octanol–water partition coefficient (Wildman–Crippen LogP) is 2.17. The SMILES string of the molecule is COc1ccc(C(=O)OCC2CC2)cc1[N+](=O)[O-]. The van der Waals surface area contributed by atoms with E-state index in [1.165, 1.54) is 25.3 Å². The monoisotopic (exact) mass is 251 g/mol. The number of ether oxygens (including phenoxy) is 2. The molecule has 1 aromatic rings. The highest BCUT2D eigenvalue weighted by molar-refractivity contribution is 5.90. The van der Waals surface area contributed by atoms with Crippen molar-refractivity contribution in [3.8, 4) is 5.75 Å². The molecule has 1 aliphatic carbocycles. The highest BCUT2D eigenvalue weighted by Crippen LogP contribution is 2.30. The third kappa shape index (κ3) is 2.77. The Kier molecular flexibility index (Phi) is 3.45. The van der Waals surface area contributed by atoms with Crippen molar-refractivity contribution < 1.29 is 19.2 Å². The zero-order valence-electron chi connectivity index (χ0n) is 9.92. The predicted molar refractivity (Wildman–Crippen MR) is 62.7 cm³/mol. The summed E-state index contributed by atoms with van der Waals surface area (Å²) in [5, 5.41) is 10.8. The van der Waals surface area contributed by atoms with Gasteiger partial charge in [0.05, 0.1) is 24.2 Å². The highest BCUT2D eigenvalue weighted by atomic mass is 16.6. The van der Waals surface area contributed by atoms with Crippen molar-refractivity contribution >= 4 is 11.7 Å². The molecule has 0 heterocycles. The van der Waals surface area contributed by atoms with Crippen LogP contribution in [0.4, 0.5) is 5.69 Å². The summed E-state index contributed by atoms with van der Waals surface area (Å²) in [6.07, 6.45) is 2.16. The molecule has 0 spiro atoms. The van der Waals surface area contributed by atoms with Gasteiger partial charge in [0.15, 0.2) is 5.75 Å². The number of nitro benzene ring substituents is 1. The van der Waals surface area contributed by atoms with Gasteiger partial charge in [-0.3, -0.25) is 10.1 Å². The van der Waals surface area contributed by atoms with Crippen LogP contribution in [0.5, 0.6) is 5.75 Å². The number of nitro groups is 1. The summed E-state index contributed by atoms with van der Waals surface area (Å²) in [7, 11) is 1.34. The van der Waals surface area contributed by atoms with Gasteiger partial charge in [-0.25, -0.2) is 4.79 Å². The van der Waals surface area contributed by atoms with Gasteiger partial charge in [-0.1, -0.05) is 0 Å². The smallest absolute Gasteiger partial charge is 0.338 e. The summed E-state index contributed by atoms with van der Waals surface area (Å²) in [6.45, 7) is 0.388. The fourth-order valence-corrected chi connectivity index (χ4v) is 1.52. The van der Waals surface area contributed by atoms with Gasteiger partial charge in [0, 0.05) is 6.07 Å². The molecule has 0 N–H and O–H groups in total. The van der Waals surface area contributed by atoms with E-state index in [9.17, 15) is 14.9 Å². The van der Waals surface area contributed by atoms with Gasteiger partial charge in [0.1, 0.15) is 0 Å². The second-order valence-electron chi connectivity index (χ2n) is 4.19. The minimum absolute atomic E-state index is 0.124. The van der Waals surface area contributed by atoms with E-state index in [1.807, 2.05) is 0 Å². The molecule has 6 heteroatoms. The number of hydrogen-bond acceptors (Lipinski definition) is 5. The van der Waals surface area contributed by atoms with Gasteiger partial charge < -0.3 is 9.47 Å². The lowest BCUT2D eigenvalue weighted by Gasteiger charge is -2.05. The maximum Gasteiger partial charge on any atom is 0.338 e. The Labute approximate surface area is 104 Å². The van der Waals surface area contributed by atoms with Crippen LogP contribution in [-0.2, 0) is 4.74 Å². The number of esters is 1. The standard InChI is InChI=1S/C12H13NO5/c1-17-11-5-4-9(6-10(11)13(15)16)12(14)18-7-8-2-3-8/h4-6,8H,2-3,7H2,1H3. The minimum Gasteiger partial charge on any atom is -0.490 e. The Morgan fingerprint density at radius 3 is 2.78 bits per heavy atom. The summed E-state index contributed by atoms with van der Waals surface area (Å²) >= 11 is 0. The fraction of sp³-hybridized carbons (Fsp3) is 0.417. The average Bonchev–Trinajstić information content (AvgIpc) is 3.19. The molecule has 18 heavy (non-hydrogen) atoms. The lowest BCUT2D eigenvalue weighted by Crippen LogP contribution is -2.08. The number of nitrogens with zero attached hydrogens (tertiary/aromatic N) is 1. The molecular formula is C12H13NO5. The molecular weight excluding hydrogens is 238 g/mol. The number of benzene rings is 1. The van der Waals surface area contributed by atoms with E-state index in [1.54, 1.807) is 0 Å². The topological polar surface area (TPSA) is 78.7 Å². The first-order valence-corrected chi connectivity index (χ1v) is 5.61. The Balaban J connectivity index is 2.14. The van der Waals surface area contributed by atoms with Gasteiger partial charge in [0.2, 0.25) is 0 Å². The molecule has 6 nitrogen and oxygen atoms in total. The normalized spacial score (nSPS) is 14.1. The largest absolute Gasteiger partial charge is 0.490 e. The number of carbonyl (C=O) groups is 1. The summed E-state index contributed by atoms with van der Waals surface area (Å²) in [4.78, 5) is 21.9. The number of carbonyl (C=O) groups excluding carboxylic acids is 1. The molecule has 1 fully saturated rings. The first-order chi connectivity index (χ1) is 8.61. The van der Waals surface area contributed by atoms with Crippen LogP contribution in [0.3, 0.4) is 0 Å². The van der Waals surface area contributed by atoms with Gasteiger partial charge in [-0.2, -0.15) is 0 Å². The Bertz CT molecular complexity index is 481. The maximum absolute atomic E-state index is 11.7. The van der Waals surface area contributed by atoms with E-state index in [0.29, 0.717) is 12.5 Å². The van der Waals surface area contributed by atoms with Crippen LogP contribution in [0.25, 0.3) is 0 Å². The van der Waals surface area contributed by atoms with Crippen LogP contribution < -0.4 is 4.74 Å². The molecule has 0 aliphatic heterocycles. The lowest BCUT2D eigenvalue weighted by molar-refractivity contribution is -0.385. The molecule has 0 unspecified atom stereocenters. The van der Waals surface area contributed by atoms with Crippen LogP contribution >= 0.6 is 0 Å². The van der Waals surface area contributed by atoms with Crippen molar-refractivity contribution in [1.82, 2.24) is 0 Å². The first-order valence-electron chi connectivity index (χ1n) is 5.61. The van der Waals surface area contributed by atoms with Gasteiger partial charge in [-0.05, 0) is 30.9 Å². The fourth-order valence-electron chi connectivity index (χ4n) is 1.52. The number of hydrogen-bond donors (Lipinski definition) is 0. The molecule has 0 amide bonds. The zero-order chi connectivity index (χ0) is 13.1. The molecule has 0 saturated heterocycles. The van der Waals surface area contributed by atoms with E-state index >= 15 is 0 Å². The van der Waals surface area contributed by atoms with Gasteiger partial charge in [-0.15, -0.1) is 0 Å². The molecule has 0 bridgehead atoms. The third-order valence-corrected chi connectivity index (χ3v) is 2.76. The van der Waals surface area contributed by atoms with Crippen LogP contribution in [0.2, 0.25) is 0 Å². The quantitative estimate of drug-likeness (QED) is 0.455. The Morgan fingerprint density at radius 1 is 1.50 bits per heavy atom. The number of methoxy groups -OCH3 is 1. The van der Waals surface area contributed by atoms with Crippen LogP contribution in [0.15, 0.2) is 18.2 Å². The molecule has 1 saturated carbocycles. The van der Waals surface area contributed by atoms with E-state index in [0.717, 1.165) is 12.8 Å². The van der Waals surface area contributed by atoms with Crippen LogP contribution in [0.1, 0.15) is 23.2 Å². The molecule has 0 atom stereocenters. The molecule has 0 aromatic heterocycles. The third-order valence-electron chi connectivity index (χ3n) is 2.76. The second kappa shape index (κ2) is 5.03. The van der Waals surface area contributed by atoms with Crippen molar-refractivity contribution in [2.24, 2.45) is 5.92 Å². The van der Waals surface area contributed by atoms with Crippen molar-refractivity contribution in [3.05, 3.63) is 33.9 Å². The van der Waals surface area contributed by atoms with Crippen molar-refractivity contribution in [2.45, 2.75) is 12.8 Å². The summed E-state index contributed by atoms with van der Waals surface area (Å²) in [6, 6.07) is 4.03. The molecule has 1 aliphatic rings. The number of rotatable bonds is 5.